The normalized spacial score (nSPS) is 25.9. The minimum absolute atomic E-state index is 0.773. The first-order chi connectivity index (χ1) is 7.70. The van der Waals surface area contributed by atoms with Crippen LogP contribution in [0.2, 0.25) is 0 Å². The maximum Gasteiger partial charge on any atom is 0.0596 e. The fourth-order valence-electron chi connectivity index (χ4n) is 2.63. The Morgan fingerprint density at radius 3 is 3.06 bits per heavy atom. The molecule has 90 valence electrons. The summed E-state index contributed by atoms with van der Waals surface area (Å²) < 4.78 is 2.15. The molecule has 3 heteroatoms. The summed E-state index contributed by atoms with van der Waals surface area (Å²) in [5, 5.41) is 8.02. The molecule has 16 heavy (non-hydrogen) atoms. The van der Waals surface area contributed by atoms with Crippen molar-refractivity contribution in [2.75, 3.05) is 13.1 Å². The zero-order valence-corrected chi connectivity index (χ0v) is 10.7. The minimum atomic E-state index is 0.773. The van der Waals surface area contributed by atoms with E-state index in [2.05, 4.69) is 41.9 Å². The summed E-state index contributed by atoms with van der Waals surface area (Å²) in [4.78, 5) is 0. The Balaban J connectivity index is 2.06. The Bertz CT molecular complexity index is 343. The van der Waals surface area contributed by atoms with E-state index in [9.17, 15) is 0 Å². The Labute approximate surface area is 98.2 Å². The topological polar surface area (TPSA) is 29.9 Å². The summed E-state index contributed by atoms with van der Waals surface area (Å²) in [5.41, 5.74) is 2.55. The number of piperidine rings is 1. The van der Waals surface area contributed by atoms with Crippen molar-refractivity contribution in [1.82, 2.24) is 15.1 Å². The van der Waals surface area contributed by atoms with Crippen LogP contribution in [0.5, 0.6) is 0 Å². The molecule has 0 radical (unpaired) electrons. The van der Waals surface area contributed by atoms with Gasteiger partial charge in [0.25, 0.3) is 0 Å². The lowest BCUT2D eigenvalue weighted by molar-refractivity contribution is 0.268. The van der Waals surface area contributed by atoms with Gasteiger partial charge in [-0.3, -0.25) is 4.68 Å². The SMILES string of the molecule is CCn1nc(C)cc1CC1CNCCC1C. The fraction of sp³-hybridized carbons (Fsp3) is 0.769. The van der Waals surface area contributed by atoms with Gasteiger partial charge in [-0.1, -0.05) is 6.92 Å². The molecule has 0 spiro atoms. The Kier molecular flexibility index (Phi) is 3.64. The largest absolute Gasteiger partial charge is 0.316 e. The quantitative estimate of drug-likeness (QED) is 0.846. The third-order valence-electron chi connectivity index (χ3n) is 3.74. The maximum absolute atomic E-state index is 4.52. The van der Waals surface area contributed by atoms with Crippen LogP contribution in [0.1, 0.15) is 31.7 Å². The van der Waals surface area contributed by atoms with E-state index in [-0.39, 0.29) is 0 Å². The molecule has 2 atom stereocenters. The second-order valence-electron chi connectivity index (χ2n) is 5.03. The van der Waals surface area contributed by atoms with Gasteiger partial charge in [-0.25, -0.2) is 0 Å². The van der Waals surface area contributed by atoms with Crippen LogP contribution in [0.4, 0.5) is 0 Å². The van der Waals surface area contributed by atoms with E-state index in [1.165, 1.54) is 25.1 Å². The zero-order chi connectivity index (χ0) is 11.5. The third kappa shape index (κ3) is 2.46. The van der Waals surface area contributed by atoms with Crippen molar-refractivity contribution < 1.29 is 0 Å². The molecule has 2 heterocycles. The van der Waals surface area contributed by atoms with E-state index in [0.29, 0.717) is 0 Å². The molecule has 2 rings (SSSR count). The highest BCUT2D eigenvalue weighted by Gasteiger charge is 2.22. The summed E-state index contributed by atoms with van der Waals surface area (Å²) in [6, 6.07) is 2.24. The third-order valence-corrected chi connectivity index (χ3v) is 3.74. The van der Waals surface area contributed by atoms with Crippen LogP contribution in [0, 0.1) is 18.8 Å². The number of nitrogens with zero attached hydrogens (tertiary/aromatic N) is 2. The predicted molar refractivity (Wildman–Crippen MR) is 66.5 cm³/mol. The highest BCUT2D eigenvalue weighted by Crippen LogP contribution is 2.22. The highest BCUT2D eigenvalue weighted by molar-refractivity contribution is 5.10. The van der Waals surface area contributed by atoms with Crippen LogP contribution < -0.4 is 5.32 Å². The molecule has 0 saturated carbocycles. The first-order valence-corrected chi connectivity index (χ1v) is 6.44. The molecule has 3 nitrogen and oxygen atoms in total. The Morgan fingerprint density at radius 1 is 1.56 bits per heavy atom. The molecule has 2 unspecified atom stereocenters. The molecule has 0 aliphatic carbocycles. The van der Waals surface area contributed by atoms with Gasteiger partial charge in [0, 0.05) is 12.2 Å². The zero-order valence-electron chi connectivity index (χ0n) is 10.7. The van der Waals surface area contributed by atoms with Crippen LogP contribution in [0.15, 0.2) is 6.07 Å². The van der Waals surface area contributed by atoms with Crippen LogP contribution in [0.25, 0.3) is 0 Å². The smallest absolute Gasteiger partial charge is 0.0596 e. The molecule has 0 bridgehead atoms. The maximum atomic E-state index is 4.52. The van der Waals surface area contributed by atoms with Crippen LogP contribution in [0.3, 0.4) is 0 Å². The van der Waals surface area contributed by atoms with Gasteiger partial charge in [0.15, 0.2) is 0 Å². The number of aromatic nitrogens is 2. The minimum Gasteiger partial charge on any atom is -0.316 e. The van der Waals surface area contributed by atoms with E-state index in [4.69, 9.17) is 0 Å². The number of aryl methyl sites for hydroxylation is 2. The summed E-state index contributed by atoms with van der Waals surface area (Å²) in [6.07, 6.45) is 2.48. The van der Waals surface area contributed by atoms with Crippen molar-refractivity contribution in [1.29, 1.82) is 0 Å². The van der Waals surface area contributed by atoms with Gasteiger partial charge >= 0.3 is 0 Å². The number of nitrogens with one attached hydrogen (secondary N) is 1. The molecule has 1 fully saturated rings. The molecule has 1 N–H and O–H groups in total. The van der Waals surface area contributed by atoms with E-state index in [0.717, 1.165) is 30.6 Å². The lowest BCUT2D eigenvalue weighted by Gasteiger charge is -2.29. The molecule has 1 aliphatic rings. The molecule has 0 aromatic carbocycles. The van der Waals surface area contributed by atoms with Crippen molar-refractivity contribution in [3.05, 3.63) is 17.5 Å². The van der Waals surface area contributed by atoms with Crippen molar-refractivity contribution in [2.45, 2.75) is 40.2 Å². The Hall–Kier alpha value is -0.830. The number of hydrogen-bond donors (Lipinski definition) is 1. The van der Waals surface area contributed by atoms with Crippen molar-refractivity contribution in [3.8, 4) is 0 Å². The van der Waals surface area contributed by atoms with Gasteiger partial charge in [0.1, 0.15) is 0 Å². The van der Waals surface area contributed by atoms with Crippen LogP contribution in [-0.2, 0) is 13.0 Å². The van der Waals surface area contributed by atoms with Gasteiger partial charge in [-0.05, 0) is 57.7 Å². The van der Waals surface area contributed by atoms with E-state index >= 15 is 0 Å². The van der Waals surface area contributed by atoms with Gasteiger partial charge in [0.2, 0.25) is 0 Å². The summed E-state index contributed by atoms with van der Waals surface area (Å²) in [7, 11) is 0. The van der Waals surface area contributed by atoms with Gasteiger partial charge in [-0.2, -0.15) is 5.10 Å². The molecule has 1 aromatic heterocycles. The molecule has 1 aromatic rings. The van der Waals surface area contributed by atoms with Gasteiger partial charge < -0.3 is 5.32 Å². The fourth-order valence-corrected chi connectivity index (χ4v) is 2.63. The van der Waals surface area contributed by atoms with Crippen molar-refractivity contribution in [3.63, 3.8) is 0 Å². The molecular weight excluding hydrogens is 198 g/mol. The standard InChI is InChI=1S/C13H23N3/c1-4-16-13(7-11(3)15-16)8-12-9-14-6-5-10(12)2/h7,10,12,14H,4-6,8-9H2,1-3H3. The van der Waals surface area contributed by atoms with Gasteiger partial charge in [0.05, 0.1) is 5.69 Å². The van der Waals surface area contributed by atoms with Gasteiger partial charge in [-0.15, -0.1) is 0 Å². The summed E-state index contributed by atoms with van der Waals surface area (Å²) >= 11 is 0. The number of rotatable bonds is 3. The molecular formula is C13H23N3. The second kappa shape index (κ2) is 5.00. The van der Waals surface area contributed by atoms with Crippen LogP contribution in [-0.4, -0.2) is 22.9 Å². The van der Waals surface area contributed by atoms with Crippen LogP contribution >= 0.6 is 0 Å². The highest BCUT2D eigenvalue weighted by atomic mass is 15.3. The average molecular weight is 221 g/mol. The molecule has 0 amide bonds. The first kappa shape index (κ1) is 11.6. The predicted octanol–water partition coefficient (Wildman–Crippen LogP) is 2.00. The Morgan fingerprint density at radius 2 is 2.38 bits per heavy atom. The summed E-state index contributed by atoms with van der Waals surface area (Å²) in [6.45, 7) is 9.96. The van der Waals surface area contributed by atoms with E-state index in [1.54, 1.807) is 0 Å². The van der Waals surface area contributed by atoms with E-state index < -0.39 is 0 Å². The number of hydrogen-bond acceptors (Lipinski definition) is 2. The molecule has 1 saturated heterocycles. The first-order valence-electron chi connectivity index (χ1n) is 6.44. The lowest BCUT2D eigenvalue weighted by Crippen LogP contribution is -2.36. The van der Waals surface area contributed by atoms with Crippen molar-refractivity contribution >= 4 is 0 Å². The average Bonchev–Trinajstić information content (AvgIpc) is 2.62. The molecule has 1 aliphatic heterocycles. The summed E-state index contributed by atoms with van der Waals surface area (Å²) in [5.74, 6) is 1.61. The van der Waals surface area contributed by atoms with Crippen molar-refractivity contribution in [2.24, 2.45) is 11.8 Å². The lowest BCUT2D eigenvalue weighted by atomic mass is 9.85. The monoisotopic (exact) mass is 221 g/mol. The second-order valence-corrected chi connectivity index (χ2v) is 5.03. The van der Waals surface area contributed by atoms with E-state index in [1.807, 2.05) is 0 Å².